The van der Waals surface area contributed by atoms with Gasteiger partial charge in [-0.3, -0.25) is 4.57 Å². The Morgan fingerprint density at radius 1 is 0.390 bits per heavy atom. The fourth-order valence-electron chi connectivity index (χ4n) is 10.5. The zero-order valence-electron chi connectivity index (χ0n) is 32.6. The summed E-state index contributed by atoms with van der Waals surface area (Å²) in [4.78, 5) is 11.2. The Balaban J connectivity index is 1.13. The van der Waals surface area contributed by atoms with Gasteiger partial charge in [-0.15, -0.1) is 0 Å². The third kappa shape index (κ3) is 4.32. The number of fused-ring (bicyclic) bond motifs is 16. The standard InChI is InChI=1S/C55H36N4/c1-55(2)43-25-13-10-20-37(43)38-29-28-34(32-44(38)55)58-45-26-14-11-23-41(45)49-47(58)30-31-48-50(49)42-24-12-15-27-46(42)59(48)54-56-52(33-16-4-3-5-17-33)51-39-21-8-6-18-35(39)36-19-7-9-22-40(36)53(51)57-54/h3-32H,1-2H3. The molecular formula is C55H36N4. The summed E-state index contributed by atoms with van der Waals surface area (Å²) in [6, 6.07) is 66.1. The smallest absolute Gasteiger partial charge is 0.235 e. The topological polar surface area (TPSA) is 35.6 Å². The normalized spacial score (nSPS) is 13.4. The molecular weight excluding hydrogens is 717 g/mol. The Hall–Kier alpha value is -7.56. The van der Waals surface area contributed by atoms with Gasteiger partial charge < -0.3 is 4.57 Å². The molecule has 9 aromatic carbocycles. The van der Waals surface area contributed by atoms with Crippen molar-refractivity contribution in [2.24, 2.45) is 0 Å². The first-order valence-electron chi connectivity index (χ1n) is 20.4. The monoisotopic (exact) mass is 752 g/mol. The maximum Gasteiger partial charge on any atom is 0.235 e. The van der Waals surface area contributed by atoms with Crippen molar-refractivity contribution in [1.29, 1.82) is 0 Å². The molecule has 4 heteroatoms. The maximum absolute atomic E-state index is 5.59. The largest absolute Gasteiger partial charge is 0.309 e. The van der Waals surface area contributed by atoms with E-state index in [9.17, 15) is 0 Å². The Morgan fingerprint density at radius 3 is 1.66 bits per heavy atom. The van der Waals surface area contributed by atoms with Crippen LogP contribution in [-0.2, 0) is 5.41 Å². The minimum atomic E-state index is -0.0997. The molecule has 276 valence electrons. The predicted molar refractivity (Wildman–Crippen MR) is 246 cm³/mol. The molecule has 3 heterocycles. The van der Waals surface area contributed by atoms with Crippen LogP contribution in [0.15, 0.2) is 182 Å². The van der Waals surface area contributed by atoms with Gasteiger partial charge in [0.05, 0.1) is 33.3 Å². The first kappa shape index (κ1) is 32.5. The Morgan fingerprint density at radius 2 is 0.932 bits per heavy atom. The van der Waals surface area contributed by atoms with Crippen molar-refractivity contribution < 1.29 is 0 Å². The number of hydrogen-bond donors (Lipinski definition) is 0. The minimum Gasteiger partial charge on any atom is -0.309 e. The molecule has 1 aliphatic carbocycles. The van der Waals surface area contributed by atoms with E-state index in [0.29, 0.717) is 5.95 Å². The van der Waals surface area contributed by atoms with Gasteiger partial charge in [-0.05, 0) is 74.8 Å². The third-order valence-electron chi connectivity index (χ3n) is 13.1. The van der Waals surface area contributed by atoms with Crippen molar-refractivity contribution in [3.05, 3.63) is 193 Å². The molecule has 0 atom stereocenters. The van der Waals surface area contributed by atoms with Crippen molar-refractivity contribution in [3.63, 3.8) is 0 Å². The van der Waals surface area contributed by atoms with Crippen LogP contribution >= 0.6 is 0 Å². The van der Waals surface area contributed by atoms with Gasteiger partial charge in [0.2, 0.25) is 5.95 Å². The van der Waals surface area contributed by atoms with E-state index >= 15 is 0 Å². The van der Waals surface area contributed by atoms with Crippen LogP contribution in [0.1, 0.15) is 25.0 Å². The summed E-state index contributed by atoms with van der Waals surface area (Å²) in [5.74, 6) is 0.659. The van der Waals surface area contributed by atoms with Crippen LogP contribution in [0.5, 0.6) is 0 Å². The highest BCUT2D eigenvalue weighted by molar-refractivity contribution is 6.30. The second-order valence-corrected chi connectivity index (χ2v) is 16.5. The second kappa shape index (κ2) is 11.7. The van der Waals surface area contributed by atoms with Crippen LogP contribution in [0.25, 0.3) is 110 Å². The first-order valence-corrected chi connectivity index (χ1v) is 20.4. The van der Waals surface area contributed by atoms with E-state index in [1.807, 2.05) is 0 Å². The lowest BCUT2D eigenvalue weighted by Gasteiger charge is -2.22. The molecule has 0 unspecified atom stereocenters. The molecule has 59 heavy (non-hydrogen) atoms. The quantitative estimate of drug-likeness (QED) is 0.169. The fraction of sp³-hybridized carbons (Fsp3) is 0.0545. The second-order valence-electron chi connectivity index (χ2n) is 16.5. The van der Waals surface area contributed by atoms with Crippen molar-refractivity contribution in [2.75, 3.05) is 0 Å². The van der Waals surface area contributed by atoms with Crippen LogP contribution < -0.4 is 0 Å². The molecule has 0 saturated carbocycles. The van der Waals surface area contributed by atoms with E-state index in [4.69, 9.17) is 9.97 Å². The predicted octanol–water partition coefficient (Wildman–Crippen LogP) is 14.1. The highest BCUT2D eigenvalue weighted by Gasteiger charge is 2.35. The average Bonchev–Trinajstić information content (AvgIpc) is 3.89. The summed E-state index contributed by atoms with van der Waals surface area (Å²) in [5.41, 5.74) is 13.9. The Kier molecular flexibility index (Phi) is 6.48. The molecule has 0 N–H and O–H groups in total. The molecule has 13 rings (SSSR count). The van der Waals surface area contributed by atoms with Crippen molar-refractivity contribution in [2.45, 2.75) is 19.3 Å². The number of aromatic nitrogens is 4. The molecule has 0 fully saturated rings. The number of para-hydroxylation sites is 2. The molecule has 12 aromatic rings. The van der Waals surface area contributed by atoms with Gasteiger partial charge in [-0.25, -0.2) is 9.97 Å². The lowest BCUT2D eigenvalue weighted by Crippen LogP contribution is -2.15. The summed E-state index contributed by atoms with van der Waals surface area (Å²) >= 11 is 0. The van der Waals surface area contributed by atoms with Gasteiger partial charge in [0.25, 0.3) is 0 Å². The van der Waals surface area contributed by atoms with Crippen LogP contribution in [0.3, 0.4) is 0 Å². The Labute approximate surface area is 340 Å². The lowest BCUT2D eigenvalue weighted by atomic mass is 9.82. The third-order valence-corrected chi connectivity index (χ3v) is 13.1. The minimum absolute atomic E-state index is 0.0997. The van der Waals surface area contributed by atoms with Crippen LogP contribution in [0.2, 0.25) is 0 Å². The first-order chi connectivity index (χ1) is 29.1. The van der Waals surface area contributed by atoms with E-state index in [0.717, 1.165) is 44.0 Å². The number of hydrogen-bond acceptors (Lipinski definition) is 2. The summed E-state index contributed by atoms with van der Waals surface area (Å²) in [6.07, 6.45) is 0. The molecule has 0 saturated heterocycles. The van der Waals surface area contributed by atoms with Crippen molar-refractivity contribution in [1.82, 2.24) is 19.1 Å². The summed E-state index contributed by atoms with van der Waals surface area (Å²) < 4.78 is 4.76. The van der Waals surface area contributed by atoms with Crippen molar-refractivity contribution in [3.8, 4) is 34.0 Å². The SMILES string of the molecule is CC1(C)c2ccccc2-c2ccc(-n3c4ccccc4c4c5c6ccccc6n(-c6nc(-c7ccccc7)c7c8ccccc8c8ccccc8c7n6)c5ccc43)cc21. The van der Waals surface area contributed by atoms with E-state index in [1.165, 1.54) is 71.3 Å². The molecule has 3 aromatic heterocycles. The fourth-order valence-corrected chi connectivity index (χ4v) is 10.5. The molecule has 4 nitrogen and oxygen atoms in total. The van der Waals surface area contributed by atoms with Crippen LogP contribution in [-0.4, -0.2) is 19.1 Å². The summed E-state index contributed by atoms with van der Waals surface area (Å²) in [5, 5.41) is 10.6. The highest BCUT2D eigenvalue weighted by atomic mass is 15.2. The van der Waals surface area contributed by atoms with Gasteiger partial charge in [0, 0.05) is 49.0 Å². The molecule has 0 radical (unpaired) electrons. The Bertz CT molecular complexity index is 3750. The van der Waals surface area contributed by atoms with Gasteiger partial charge in [-0.1, -0.05) is 159 Å². The van der Waals surface area contributed by atoms with Gasteiger partial charge in [0.1, 0.15) is 0 Å². The molecule has 0 amide bonds. The van der Waals surface area contributed by atoms with E-state index in [2.05, 4.69) is 205 Å². The summed E-state index contributed by atoms with van der Waals surface area (Å²) in [7, 11) is 0. The van der Waals surface area contributed by atoms with Gasteiger partial charge in [-0.2, -0.15) is 0 Å². The molecule has 1 aliphatic rings. The highest BCUT2D eigenvalue weighted by Crippen LogP contribution is 2.50. The average molecular weight is 753 g/mol. The lowest BCUT2D eigenvalue weighted by molar-refractivity contribution is 0.660. The molecule has 0 bridgehead atoms. The van der Waals surface area contributed by atoms with Crippen LogP contribution in [0.4, 0.5) is 0 Å². The molecule has 0 aliphatic heterocycles. The van der Waals surface area contributed by atoms with E-state index < -0.39 is 0 Å². The molecule has 0 spiro atoms. The maximum atomic E-state index is 5.59. The van der Waals surface area contributed by atoms with E-state index in [-0.39, 0.29) is 5.41 Å². The summed E-state index contributed by atoms with van der Waals surface area (Å²) in [6.45, 7) is 4.71. The zero-order valence-corrected chi connectivity index (χ0v) is 32.6. The van der Waals surface area contributed by atoms with Crippen LogP contribution in [0, 0.1) is 0 Å². The zero-order chi connectivity index (χ0) is 39.0. The number of rotatable bonds is 3. The number of benzene rings is 9. The number of nitrogens with zero attached hydrogens (tertiary/aromatic N) is 4. The van der Waals surface area contributed by atoms with Gasteiger partial charge >= 0.3 is 0 Å². The van der Waals surface area contributed by atoms with Gasteiger partial charge in [0.15, 0.2) is 0 Å². The van der Waals surface area contributed by atoms with E-state index in [1.54, 1.807) is 0 Å². The van der Waals surface area contributed by atoms with Crippen molar-refractivity contribution >= 4 is 76.1 Å².